The van der Waals surface area contributed by atoms with Crippen LogP contribution in [0.5, 0.6) is 0 Å². The maximum atomic E-state index is 11.9. The number of nitrogens with zero attached hydrogens (tertiary/aromatic N) is 1. The molecule has 106 valence electrons. The Balaban J connectivity index is 2.08. The highest BCUT2D eigenvalue weighted by molar-refractivity contribution is 7.13. The number of carboxylic acids is 1. The molecule has 2 aromatic rings. The summed E-state index contributed by atoms with van der Waals surface area (Å²) in [4.78, 5) is 23.8. The monoisotopic (exact) mass is 294 g/mol. The zero-order chi connectivity index (χ0) is 14.5. The molecule has 1 atom stereocenters. The third kappa shape index (κ3) is 3.24. The van der Waals surface area contributed by atoms with E-state index in [4.69, 9.17) is 9.63 Å². The Bertz CT molecular complexity index is 591. The number of thiophene rings is 1. The summed E-state index contributed by atoms with van der Waals surface area (Å²) in [5.41, 5.74) is 0.0794. The predicted molar refractivity (Wildman–Crippen MR) is 73.6 cm³/mol. The van der Waals surface area contributed by atoms with E-state index in [2.05, 4.69) is 10.5 Å². The zero-order valence-electron chi connectivity index (χ0n) is 10.8. The average Bonchev–Trinajstić information content (AvgIpc) is 3.08. The molecule has 0 aliphatic carbocycles. The summed E-state index contributed by atoms with van der Waals surface area (Å²) in [6, 6.07) is 4.31. The highest BCUT2D eigenvalue weighted by Gasteiger charge is 2.22. The Labute approximate surface area is 119 Å². The number of aliphatic carboxylic acids is 1. The van der Waals surface area contributed by atoms with E-state index in [1.54, 1.807) is 0 Å². The van der Waals surface area contributed by atoms with Gasteiger partial charge < -0.3 is 14.9 Å². The Morgan fingerprint density at radius 2 is 2.35 bits per heavy atom. The first-order chi connectivity index (χ1) is 9.61. The van der Waals surface area contributed by atoms with Crippen molar-refractivity contribution in [3.8, 4) is 10.6 Å². The second kappa shape index (κ2) is 6.33. The van der Waals surface area contributed by atoms with Crippen molar-refractivity contribution in [2.75, 3.05) is 0 Å². The standard InChI is InChI=1S/C13H14N2O4S/c1-2-4-8(13(17)18)14-12(16)9-7-10(19-15-9)11-5-3-6-20-11/h3,5-8H,2,4H2,1H3,(H,14,16)(H,17,18). The van der Waals surface area contributed by atoms with E-state index < -0.39 is 17.9 Å². The van der Waals surface area contributed by atoms with Crippen molar-refractivity contribution in [3.05, 3.63) is 29.3 Å². The number of aromatic nitrogens is 1. The van der Waals surface area contributed by atoms with E-state index in [0.29, 0.717) is 18.6 Å². The van der Waals surface area contributed by atoms with Crippen LogP contribution < -0.4 is 5.32 Å². The summed E-state index contributed by atoms with van der Waals surface area (Å²) >= 11 is 1.47. The first-order valence-corrected chi connectivity index (χ1v) is 7.04. The lowest BCUT2D eigenvalue weighted by molar-refractivity contribution is -0.139. The molecule has 6 nitrogen and oxygen atoms in total. The van der Waals surface area contributed by atoms with Crippen LogP contribution in [-0.2, 0) is 4.79 Å². The van der Waals surface area contributed by atoms with E-state index in [0.717, 1.165) is 4.88 Å². The van der Waals surface area contributed by atoms with E-state index in [-0.39, 0.29) is 5.69 Å². The van der Waals surface area contributed by atoms with Gasteiger partial charge in [0.1, 0.15) is 6.04 Å². The fourth-order valence-electron chi connectivity index (χ4n) is 1.70. The van der Waals surface area contributed by atoms with Gasteiger partial charge in [-0.1, -0.05) is 24.6 Å². The first kappa shape index (κ1) is 14.3. The van der Waals surface area contributed by atoms with Gasteiger partial charge in [-0.15, -0.1) is 11.3 Å². The number of carbonyl (C=O) groups is 2. The van der Waals surface area contributed by atoms with Crippen LogP contribution in [0.1, 0.15) is 30.3 Å². The molecule has 0 aliphatic heterocycles. The molecule has 1 amide bonds. The van der Waals surface area contributed by atoms with Crippen molar-refractivity contribution in [2.24, 2.45) is 0 Å². The van der Waals surface area contributed by atoms with Gasteiger partial charge in [0.15, 0.2) is 11.5 Å². The number of hydrogen-bond donors (Lipinski definition) is 2. The molecular weight excluding hydrogens is 280 g/mol. The normalized spacial score (nSPS) is 12.1. The van der Waals surface area contributed by atoms with Gasteiger partial charge >= 0.3 is 5.97 Å². The van der Waals surface area contributed by atoms with E-state index >= 15 is 0 Å². The van der Waals surface area contributed by atoms with Gasteiger partial charge in [0.2, 0.25) is 0 Å². The Hall–Kier alpha value is -2.15. The van der Waals surface area contributed by atoms with E-state index in [1.807, 2.05) is 24.4 Å². The minimum absolute atomic E-state index is 0.0794. The quantitative estimate of drug-likeness (QED) is 0.853. The minimum atomic E-state index is -1.05. The molecule has 0 aliphatic rings. The molecule has 0 spiro atoms. The first-order valence-electron chi connectivity index (χ1n) is 6.16. The minimum Gasteiger partial charge on any atom is -0.480 e. The largest absolute Gasteiger partial charge is 0.480 e. The number of hydrogen-bond acceptors (Lipinski definition) is 5. The number of carboxylic acid groups (broad SMARTS) is 1. The topological polar surface area (TPSA) is 92.4 Å². The van der Waals surface area contributed by atoms with Gasteiger partial charge in [0, 0.05) is 6.07 Å². The van der Waals surface area contributed by atoms with Crippen molar-refractivity contribution in [2.45, 2.75) is 25.8 Å². The van der Waals surface area contributed by atoms with Crippen molar-refractivity contribution in [3.63, 3.8) is 0 Å². The van der Waals surface area contributed by atoms with Crippen LogP contribution in [0, 0.1) is 0 Å². The van der Waals surface area contributed by atoms with Crippen LogP contribution in [0.3, 0.4) is 0 Å². The lowest BCUT2D eigenvalue weighted by atomic mass is 10.1. The Kier molecular flexibility index (Phi) is 4.52. The van der Waals surface area contributed by atoms with Gasteiger partial charge in [-0.2, -0.15) is 0 Å². The summed E-state index contributed by atoms with van der Waals surface area (Å²) < 4.78 is 5.08. The van der Waals surface area contributed by atoms with Crippen LogP contribution in [0.2, 0.25) is 0 Å². The molecule has 7 heteroatoms. The summed E-state index contributed by atoms with van der Waals surface area (Å²) in [6.45, 7) is 1.85. The molecule has 0 fully saturated rings. The van der Waals surface area contributed by atoms with Gasteiger partial charge in [-0.25, -0.2) is 4.79 Å². The Morgan fingerprint density at radius 3 is 2.95 bits per heavy atom. The van der Waals surface area contributed by atoms with Gasteiger partial charge in [0.25, 0.3) is 5.91 Å². The third-order valence-corrected chi connectivity index (χ3v) is 3.57. The summed E-state index contributed by atoms with van der Waals surface area (Å²) in [7, 11) is 0. The molecule has 2 rings (SSSR count). The number of carbonyl (C=O) groups excluding carboxylic acids is 1. The van der Waals surface area contributed by atoms with Crippen LogP contribution >= 0.6 is 11.3 Å². The van der Waals surface area contributed by atoms with Crippen molar-refractivity contribution in [1.29, 1.82) is 0 Å². The predicted octanol–water partition coefficient (Wildman–Crippen LogP) is 2.39. The summed E-state index contributed by atoms with van der Waals surface area (Å²) in [5, 5.41) is 17.0. The number of nitrogens with one attached hydrogen (secondary N) is 1. The number of rotatable bonds is 6. The molecule has 2 N–H and O–H groups in total. The molecule has 1 unspecified atom stereocenters. The fourth-order valence-corrected chi connectivity index (χ4v) is 2.37. The average molecular weight is 294 g/mol. The number of amides is 1. The molecule has 0 saturated heterocycles. The zero-order valence-corrected chi connectivity index (χ0v) is 11.6. The molecule has 0 bridgehead atoms. The fraction of sp³-hybridized carbons (Fsp3) is 0.308. The molecule has 2 heterocycles. The van der Waals surface area contributed by atoms with Crippen LogP contribution in [0.25, 0.3) is 10.6 Å². The van der Waals surface area contributed by atoms with E-state index in [1.165, 1.54) is 17.4 Å². The second-order valence-corrected chi connectivity index (χ2v) is 5.15. The van der Waals surface area contributed by atoms with Crippen LogP contribution in [-0.4, -0.2) is 28.2 Å². The highest BCUT2D eigenvalue weighted by Crippen LogP contribution is 2.25. The van der Waals surface area contributed by atoms with Crippen molar-refractivity contribution in [1.82, 2.24) is 10.5 Å². The van der Waals surface area contributed by atoms with Crippen LogP contribution in [0.4, 0.5) is 0 Å². The highest BCUT2D eigenvalue weighted by atomic mass is 32.1. The molecule has 20 heavy (non-hydrogen) atoms. The molecular formula is C13H14N2O4S. The van der Waals surface area contributed by atoms with Gasteiger partial charge in [-0.3, -0.25) is 4.79 Å². The smallest absolute Gasteiger partial charge is 0.326 e. The van der Waals surface area contributed by atoms with Gasteiger partial charge in [-0.05, 0) is 17.9 Å². The molecule has 0 aromatic carbocycles. The lowest BCUT2D eigenvalue weighted by Crippen LogP contribution is -2.40. The van der Waals surface area contributed by atoms with Crippen molar-refractivity contribution >= 4 is 23.2 Å². The molecule has 0 saturated carbocycles. The maximum Gasteiger partial charge on any atom is 0.326 e. The second-order valence-electron chi connectivity index (χ2n) is 4.21. The van der Waals surface area contributed by atoms with Crippen LogP contribution in [0.15, 0.2) is 28.1 Å². The van der Waals surface area contributed by atoms with Crippen molar-refractivity contribution < 1.29 is 19.2 Å². The summed E-state index contributed by atoms with van der Waals surface area (Å²) in [6.07, 6.45) is 1.03. The SMILES string of the molecule is CCCC(NC(=O)c1cc(-c2cccs2)on1)C(=O)O. The molecule has 2 aromatic heterocycles. The lowest BCUT2D eigenvalue weighted by Gasteiger charge is -2.11. The summed E-state index contributed by atoms with van der Waals surface area (Å²) in [5.74, 6) is -1.10. The maximum absolute atomic E-state index is 11.9. The molecule has 0 radical (unpaired) electrons. The van der Waals surface area contributed by atoms with E-state index in [9.17, 15) is 9.59 Å². The van der Waals surface area contributed by atoms with Gasteiger partial charge in [0.05, 0.1) is 4.88 Å². The Morgan fingerprint density at radius 1 is 1.55 bits per heavy atom. The third-order valence-electron chi connectivity index (χ3n) is 2.69.